The molecule has 2 heterocycles. The average Bonchev–Trinajstić information content (AvgIpc) is 2.78. The standard InChI is InChI=1S/C12H21N3S2/c1-9(2)13-7-6-11-14-15-12(17-11)10-5-3-4-8-16-10/h9-10,13H,3-8H2,1-2H3. The number of aromatic nitrogens is 2. The zero-order valence-corrected chi connectivity index (χ0v) is 12.2. The van der Waals surface area contributed by atoms with Gasteiger partial charge >= 0.3 is 0 Å². The van der Waals surface area contributed by atoms with Crippen molar-refractivity contribution in [2.24, 2.45) is 0 Å². The molecule has 5 heteroatoms. The molecule has 96 valence electrons. The summed E-state index contributed by atoms with van der Waals surface area (Å²) in [6.07, 6.45) is 5.00. The van der Waals surface area contributed by atoms with E-state index >= 15 is 0 Å². The summed E-state index contributed by atoms with van der Waals surface area (Å²) >= 11 is 3.86. The second-order valence-electron chi connectivity index (χ2n) is 4.75. The van der Waals surface area contributed by atoms with E-state index in [1.807, 2.05) is 11.3 Å². The van der Waals surface area contributed by atoms with Crippen LogP contribution in [0.5, 0.6) is 0 Å². The van der Waals surface area contributed by atoms with Crippen molar-refractivity contribution < 1.29 is 0 Å². The molecule has 0 aromatic carbocycles. The molecule has 1 unspecified atom stereocenters. The first-order chi connectivity index (χ1) is 8.25. The van der Waals surface area contributed by atoms with Crippen LogP contribution in [0.3, 0.4) is 0 Å². The molecule has 0 spiro atoms. The van der Waals surface area contributed by atoms with Gasteiger partial charge in [0.1, 0.15) is 10.0 Å². The van der Waals surface area contributed by atoms with Crippen molar-refractivity contribution in [1.29, 1.82) is 0 Å². The van der Waals surface area contributed by atoms with Crippen LogP contribution < -0.4 is 5.32 Å². The second kappa shape index (κ2) is 6.71. The average molecular weight is 271 g/mol. The number of thioether (sulfide) groups is 1. The summed E-state index contributed by atoms with van der Waals surface area (Å²) in [6, 6.07) is 0.552. The monoisotopic (exact) mass is 271 g/mol. The van der Waals surface area contributed by atoms with Gasteiger partial charge in [0, 0.05) is 19.0 Å². The topological polar surface area (TPSA) is 37.8 Å². The summed E-state index contributed by atoms with van der Waals surface area (Å²) in [5.41, 5.74) is 0. The van der Waals surface area contributed by atoms with E-state index in [0.29, 0.717) is 11.3 Å². The van der Waals surface area contributed by atoms with Gasteiger partial charge in [-0.2, -0.15) is 11.8 Å². The fourth-order valence-electron chi connectivity index (χ4n) is 1.90. The molecule has 0 radical (unpaired) electrons. The highest BCUT2D eigenvalue weighted by Crippen LogP contribution is 2.39. The first kappa shape index (κ1) is 13.3. The van der Waals surface area contributed by atoms with Crippen molar-refractivity contribution in [3.63, 3.8) is 0 Å². The normalized spacial score (nSPS) is 21.0. The summed E-state index contributed by atoms with van der Waals surface area (Å²) in [5.74, 6) is 1.29. The van der Waals surface area contributed by atoms with E-state index in [2.05, 4.69) is 41.1 Å². The highest BCUT2D eigenvalue weighted by atomic mass is 32.2. The molecule has 1 fully saturated rings. The zero-order chi connectivity index (χ0) is 12.1. The number of nitrogens with zero attached hydrogens (tertiary/aromatic N) is 2. The maximum atomic E-state index is 4.36. The fourth-order valence-corrected chi connectivity index (χ4v) is 4.29. The van der Waals surface area contributed by atoms with Crippen LogP contribution in [0, 0.1) is 0 Å². The Bertz CT molecular complexity index is 332. The minimum absolute atomic E-state index is 0.552. The Morgan fingerprint density at radius 2 is 2.24 bits per heavy atom. The summed E-state index contributed by atoms with van der Waals surface area (Å²) in [7, 11) is 0. The predicted molar refractivity (Wildman–Crippen MR) is 75.8 cm³/mol. The molecule has 0 saturated carbocycles. The summed E-state index contributed by atoms with van der Waals surface area (Å²) in [6.45, 7) is 5.35. The lowest BCUT2D eigenvalue weighted by Crippen LogP contribution is -2.24. The van der Waals surface area contributed by atoms with Crippen LogP contribution in [0.4, 0.5) is 0 Å². The lowest BCUT2D eigenvalue weighted by atomic mass is 10.2. The Morgan fingerprint density at radius 1 is 1.35 bits per heavy atom. The van der Waals surface area contributed by atoms with Gasteiger partial charge in [0.15, 0.2) is 0 Å². The molecule has 0 bridgehead atoms. The van der Waals surface area contributed by atoms with Crippen LogP contribution in [0.15, 0.2) is 0 Å². The van der Waals surface area contributed by atoms with E-state index in [0.717, 1.165) is 13.0 Å². The van der Waals surface area contributed by atoms with Gasteiger partial charge in [0.2, 0.25) is 0 Å². The summed E-state index contributed by atoms with van der Waals surface area (Å²) in [4.78, 5) is 0. The van der Waals surface area contributed by atoms with Crippen LogP contribution in [0.1, 0.15) is 48.4 Å². The van der Waals surface area contributed by atoms with Crippen molar-refractivity contribution in [1.82, 2.24) is 15.5 Å². The van der Waals surface area contributed by atoms with Crippen LogP contribution >= 0.6 is 23.1 Å². The Morgan fingerprint density at radius 3 is 2.94 bits per heavy atom. The molecular weight excluding hydrogens is 250 g/mol. The first-order valence-electron chi connectivity index (χ1n) is 6.43. The number of nitrogens with one attached hydrogen (secondary N) is 1. The van der Waals surface area contributed by atoms with Gasteiger partial charge in [-0.25, -0.2) is 0 Å². The minimum atomic E-state index is 0.552. The van der Waals surface area contributed by atoms with Crippen molar-refractivity contribution in [3.05, 3.63) is 10.0 Å². The van der Waals surface area contributed by atoms with Crippen molar-refractivity contribution in [2.45, 2.75) is 50.8 Å². The quantitative estimate of drug-likeness (QED) is 0.893. The molecule has 1 aromatic rings. The second-order valence-corrected chi connectivity index (χ2v) is 7.15. The third-order valence-corrected chi connectivity index (χ3v) is 5.46. The number of hydrogen-bond donors (Lipinski definition) is 1. The highest BCUT2D eigenvalue weighted by Gasteiger charge is 2.19. The zero-order valence-electron chi connectivity index (χ0n) is 10.6. The number of rotatable bonds is 5. The third kappa shape index (κ3) is 4.23. The molecular formula is C12H21N3S2. The van der Waals surface area contributed by atoms with E-state index in [-0.39, 0.29) is 0 Å². The lowest BCUT2D eigenvalue weighted by molar-refractivity contribution is 0.588. The lowest BCUT2D eigenvalue weighted by Gasteiger charge is -2.17. The fraction of sp³-hybridized carbons (Fsp3) is 0.833. The Kier molecular flexibility index (Phi) is 5.25. The molecule has 17 heavy (non-hydrogen) atoms. The molecule has 2 rings (SSSR count). The molecule has 1 aromatic heterocycles. The largest absolute Gasteiger partial charge is 0.314 e. The van der Waals surface area contributed by atoms with Crippen LogP contribution in [-0.2, 0) is 6.42 Å². The molecule has 1 atom stereocenters. The van der Waals surface area contributed by atoms with Gasteiger partial charge < -0.3 is 5.32 Å². The van der Waals surface area contributed by atoms with Crippen LogP contribution in [0.2, 0.25) is 0 Å². The van der Waals surface area contributed by atoms with E-state index in [1.165, 1.54) is 35.0 Å². The van der Waals surface area contributed by atoms with E-state index in [1.54, 1.807) is 0 Å². The van der Waals surface area contributed by atoms with Crippen molar-refractivity contribution in [2.75, 3.05) is 12.3 Å². The SMILES string of the molecule is CC(C)NCCc1nnc(C2CCCCS2)s1. The first-order valence-corrected chi connectivity index (χ1v) is 8.29. The Hall–Kier alpha value is -0.130. The van der Waals surface area contributed by atoms with Gasteiger partial charge in [-0.1, -0.05) is 20.3 Å². The third-order valence-electron chi connectivity index (χ3n) is 2.83. The minimum Gasteiger partial charge on any atom is -0.314 e. The number of hydrogen-bond acceptors (Lipinski definition) is 5. The van der Waals surface area contributed by atoms with Gasteiger partial charge in [0.05, 0.1) is 5.25 Å². The van der Waals surface area contributed by atoms with Gasteiger partial charge in [-0.3, -0.25) is 0 Å². The summed E-state index contributed by atoms with van der Waals surface area (Å²) < 4.78 is 0. The van der Waals surface area contributed by atoms with E-state index < -0.39 is 0 Å². The van der Waals surface area contributed by atoms with Crippen molar-refractivity contribution >= 4 is 23.1 Å². The molecule has 1 aliphatic heterocycles. The maximum Gasteiger partial charge on any atom is 0.130 e. The van der Waals surface area contributed by atoms with E-state index in [4.69, 9.17) is 0 Å². The molecule has 3 nitrogen and oxygen atoms in total. The maximum absolute atomic E-state index is 4.36. The molecule has 0 amide bonds. The predicted octanol–water partition coefficient (Wildman–Crippen LogP) is 3.04. The Labute approximate surface area is 112 Å². The van der Waals surface area contributed by atoms with Crippen LogP contribution in [0.25, 0.3) is 0 Å². The molecule has 1 aliphatic rings. The van der Waals surface area contributed by atoms with Gasteiger partial charge in [0.25, 0.3) is 0 Å². The Balaban J connectivity index is 1.82. The van der Waals surface area contributed by atoms with Gasteiger partial charge in [-0.15, -0.1) is 21.5 Å². The van der Waals surface area contributed by atoms with Crippen molar-refractivity contribution in [3.8, 4) is 0 Å². The molecule has 1 N–H and O–H groups in total. The highest BCUT2D eigenvalue weighted by molar-refractivity contribution is 7.99. The molecule has 0 aliphatic carbocycles. The van der Waals surface area contributed by atoms with E-state index in [9.17, 15) is 0 Å². The summed E-state index contributed by atoms with van der Waals surface area (Å²) in [5, 5.41) is 15.1. The smallest absolute Gasteiger partial charge is 0.130 e. The molecule has 1 saturated heterocycles. The van der Waals surface area contributed by atoms with Crippen LogP contribution in [-0.4, -0.2) is 28.5 Å². The van der Waals surface area contributed by atoms with Gasteiger partial charge in [-0.05, 0) is 18.6 Å².